The lowest BCUT2D eigenvalue weighted by atomic mass is 10.1. The van der Waals surface area contributed by atoms with E-state index < -0.39 is 0 Å². The van der Waals surface area contributed by atoms with Gasteiger partial charge in [-0.3, -0.25) is 4.79 Å². The first-order chi connectivity index (χ1) is 5.83. The highest BCUT2D eigenvalue weighted by Crippen LogP contribution is 2.31. The average Bonchev–Trinajstić information content (AvgIpc) is 2.44. The van der Waals surface area contributed by atoms with Crippen LogP contribution in [0.2, 0.25) is 0 Å². The molecule has 0 aromatic heterocycles. The van der Waals surface area contributed by atoms with Crippen molar-refractivity contribution in [2.24, 2.45) is 0 Å². The van der Waals surface area contributed by atoms with Gasteiger partial charge in [0.1, 0.15) is 0 Å². The van der Waals surface area contributed by atoms with Crippen LogP contribution in [0.4, 0.5) is 0 Å². The van der Waals surface area contributed by atoms with Gasteiger partial charge in [0.2, 0.25) is 0 Å². The SMILES string of the molecule is C/C=C1/CC(=O)c2ccccc21. The summed E-state index contributed by atoms with van der Waals surface area (Å²) in [5.41, 5.74) is 3.16. The Morgan fingerprint density at radius 2 is 1.92 bits per heavy atom. The first-order valence-electron chi connectivity index (χ1n) is 4.10. The molecule has 1 aromatic rings. The van der Waals surface area contributed by atoms with E-state index in [-0.39, 0.29) is 5.78 Å². The van der Waals surface area contributed by atoms with Gasteiger partial charge < -0.3 is 0 Å². The molecule has 0 fully saturated rings. The van der Waals surface area contributed by atoms with Gasteiger partial charge >= 0.3 is 0 Å². The highest BCUT2D eigenvalue weighted by molar-refractivity contribution is 6.11. The Morgan fingerprint density at radius 1 is 1.25 bits per heavy atom. The molecule has 60 valence electrons. The first kappa shape index (κ1) is 7.29. The summed E-state index contributed by atoms with van der Waals surface area (Å²) < 4.78 is 0. The number of allylic oxidation sites excluding steroid dienone is 2. The highest BCUT2D eigenvalue weighted by Gasteiger charge is 2.21. The van der Waals surface area contributed by atoms with Gasteiger partial charge in [0.05, 0.1) is 0 Å². The summed E-state index contributed by atoms with van der Waals surface area (Å²) in [4.78, 5) is 11.4. The van der Waals surface area contributed by atoms with Gasteiger partial charge in [-0.15, -0.1) is 0 Å². The molecule has 0 radical (unpaired) electrons. The number of fused-ring (bicyclic) bond motifs is 1. The average molecular weight is 158 g/mol. The molecule has 12 heavy (non-hydrogen) atoms. The summed E-state index contributed by atoms with van der Waals surface area (Å²) in [5.74, 6) is 0.249. The lowest BCUT2D eigenvalue weighted by Gasteiger charge is -1.95. The molecule has 0 atom stereocenters. The summed E-state index contributed by atoms with van der Waals surface area (Å²) >= 11 is 0. The molecule has 0 spiro atoms. The minimum atomic E-state index is 0.249. The Kier molecular flexibility index (Phi) is 1.58. The van der Waals surface area contributed by atoms with E-state index in [9.17, 15) is 4.79 Å². The molecule has 1 aliphatic carbocycles. The Hall–Kier alpha value is -1.37. The molecule has 1 heteroatoms. The second kappa shape index (κ2) is 2.59. The molecule has 0 saturated carbocycles. The van der Waals surface area contributed by atoms with Crippen LogP contribution in [-0.4, -0.2) is 5.78 Å². The first-order valence-corrected chi connectivity index (χ1v) is 4.10. The van der Waals surface area contributed by atoms with E-state index in [0.717, 1.165) is 16.7 Å². The molecule has 0 N–H and O–H groups in total. The van der Waals surface area contributed by atoms with Gasteiger partial charge in [-0.05, 0) is 18.1 Å². The maximum atomic E-state index is 11.4. The van der Waals surface area contributed by atoms with Gasteiger partial charge in [-0.1, -0.05) is 30.3 Å². The molecule has 2 rings (SSSR count). The highest BCUT2D eigenvalue weighted by atomic mass is 16.1. The quantitative estimate of drug-likeness (QED) is 0.567. The van der Waals surface area contributed by atoms with Crippen LogP contribution in [0.1, 0.15) is 29.3 Å². The van der Waals surface area contributed by atoms with E-state index >= 15 is 0 Å². The smallest absolute Gasteiger partial charge is 0.167 e. The van der Waals surface area contributed by atoms with Crippen molar-refractivity contribution < 1.29 is 4.79 Å². The summed E-state index contributed by atoms with van der Waals surface area (Å²) in [6.07, 6.45) is 2.60. The Morgan fingerprint density at radius 3 is 2.58 bits per heavy atom. The minimum absolute atomic E-state index is 0.249. The normalized spacial score (nSPS) is 18.4. The zero-order valence-corrected chi connectivity index (χ0v) is 7.00. The summed E-state index contributed by atoms with van der Waals surface area (Å²) in [6.45, 7) is 1.98. The van der Waals surface area contributed by atoms with E-state index in [1.807, 2.05) is 37.3 Å². The van der Waals surface area contributed by atoms with Crippen LogP contribution in [0.15, 0.2) is 30.3 Å². The van der Waals surface area contributed by atoms with E-state index in [1.54, 1.807) is 0 Å². The Balaban J connectivity index is 2.65. The molecule has 0 bridgehead atoms. The molecule has 0 saturated heterocycles. The molecule has 0 heterocycles. The maximum absolute atomic E-state index is 11.4. The summed E-state index contributed by atoms with van der Waals surface area (Å²) in [5, 5.41) is 0. The molecular formula is C11H10O. The lowest BCUT2D eigenvalue weighted by molar-refractivity contribution is 0.100. The fourth-order valence-corrected chi connectivity index (χ4v) is 1.63. The van der Waals surface area contributed by atoms with E-state index in [2.05, 4.69) is 0 Å². The van der Waals surface area contributed by atoms with Gasteiger partial charge in [0.25, 0.3) is 0 Å². The lowest BCUT2D eigenvalue weighted by Crippen LogP contribution is -1.88. The van der Waals surface area contributed by atoms with Crippen molar-refractivity contribution >= 4 is 11.4 Å². The van der Waals surface area contributed by atoms with Crippen LogP contribution in [0.5, 0.6) is 0 Å². The molecule has 1 nitrogen and oxygen atoms in total. The van der Waals surface area contributed by atoms with Gasteiger partial charge in [0, 0.05) is 12.0 Å². The zero-order valence-electron chi connectivity index (χ0n) is 7.00. The topological polar surface area (TPSA) is 17.1 Å². The van der Waals surface area contributed by atoms with E-state index in [1.165, 1.54) is 0 Å². The maximum Gasteiger partial charge on any atom is 0.167 e. The molecule has 0 aliphatic heterocycles. The molecule has 1 aromatic carbocycles. The number of rotatable bonds is 0. The van der Waals surface area contributed by atoms with Crippen molar-refractivity contribution in [3.8, 4) is 0 Å². The van der Waals surface area contributed by atoms with Crippen LogP contribution >= 0.6 is 0 Å². The number of benzene rings is 1. The predicted octanol–water partition coefficient (Wildman–Crippen LogP) is 2.68. The van der Waals surface area contributed by atoms with Crippen LogP contribution in [0.25, 0.3) is 5.57 Å². The largest absolute Gasteiger partial charge is 0.294 e. The van der Waals surface area contributed by atoms with Crippen molar-refractivity contribution in [2.45, 2.75) is 13.3 Å². The number of hydrogen-bond donors (Lipinski definition) is 0. The van der Waals surface area contributed by atoms with Crippen molar-refractivity contribution in [1.82, 2.24) is 0 Å². The van der Waals surface area contributed by atoms with Gasteiger partial charge in [-0.25, -0.2) is 0 Å². The Labute approximate surface area is 71.7 Å². The zero-order chi connectivity index (χ0) is 8.55. The van der Waals surface area contributed by atoms with Crippen molar-refractivity contribution in [3.05, 3.63) is 41.5 Å². The second-order valence-corrected chi connectivity index (χ2v) is 2.96. The monoisotopic (exact) mass is 158 g/mol. The molecule has 0 amide bonds. The van der Waals surface area contributed by atoms with Crippen LogP contribution in [0.3, 0.4) is 0 Å². The van der Waals surface area contributed by atoms with Crippen molar-refractivity contribution in [1.29, 1.82) is 0 Å². The number of hydrogen-bond acceptors (Lipinski definition) is 1. The van der Waals surface area contributed by atoms with Crippen molar-refractivity contribution in [2.75, 3.05) is 0 Å². The summed E-state index contributed by atoms with van der Waals surface area (Å²) in [7, 11) is 0. The van der Waals surface area contributed by atoms with Crippen LogP contribution < -0.4 is 0 Å². The van der Waals surface area contributed by atoms with E-state index in [4.69, 9.17) is 0 Å². The fourth-order valence-electron chi connectivity index (χ4n) is 1.63. The third-order valence-electron chi connectivity index (χ3n) is 2.27. The third-order valence-corrected chi connectivity index (χ3v) is 2.27. The standard InChI is InChI=1S/C11H10O/c1-2-8-7-11(12)10-6-4-3-5-9(8)10/h2-6H,7H2,1H3/b8-2-. The third kappa shape index (κ3) is 0.900. The molecule has 1 aliphatic rings. The Bertz CT molecular complexity index is 361. The number of ketones is 1. The van der Waals surface area contributed by atoms with Gasteiger partial charge in [0.15, 0.2) is 5.78 Å². The second-order valence-electron chi connectivity index (χ2n) is 2.96. The number of Topliss-reactive ketones (excluding diaryl/α,β-unsaturated/α-hetero) is 1. The molecular weight excluding hydrogens is 148 g/mol. The predicted molar refractivity (Wildman–Crippen MR) is 49.0 cm³/mol. The number of carbonyl (C=O) groups is 1. The van der Waals surface area contributed by atoms with Gasteiger partial charge in [-0.2, -0.15) is 0 Å². The van der Waals surface area contributed by atoms with Crippen molar-refractivity contribution in [3.63, 3.8) is 0 Å². The minimum Gasteiger partial charge on any atom is -0.294 e. The van der Waals surface area contributed by atoms with Crippen LogP contribution in [-0.2, 0) is 0 Å². The van der Waals surface area contributed by atoms with E-state index in [0.29, 0.717) is 6.42 Å². The number of carbonyl (C=O) groups excluding carboxylic acids is 1. The fraction of sp³-hybridized carbons (Fsp3) is 0.182. The molecule has 0 unspecified atom stereocenters. The summed E-state index contributed by atoms with van der Waals surface area (Å²) in [6, 6.07) is 7.79. The van der Waals surface area contributed by atoms with Crippen LogP contribution in [0, 0.1) is 0 Å².